The summed E-state index contributed by atoms with van der Waals surface area (Å²) in [6, 6.07) is 19.5. The highest BCUT2D eigenvalue weighted by Crippen LogP contribution is 2.09. The Morgan fingerprint density at radius 3 is 2.35 bits per heavy atom. The third kappa shape index (κ3) is 3.86. The Kier molecular flexibility index (Phi) is 4.52. The van der Waals surface area contributed by atoms with Gasteiger partial charge >= 0.3 is 0 Å². The van der Waals surface area contributed by atoms with E-state index in [0.717, 1.165) is 12.1 Å². The monoisotopic (exact) mass is 305 g/mol. The summed E-state index contributed by atoms with van der Waals surface area (Å²) >= 11 is 0. The highest BCUT2D eigenvalue weighted by atomic mass is 16.2. The van der Waals surface area contributed by atoms with E-state index >= 15 is 0 Å². The predicted molar refractivity (Wildman–Crippen MR) is 90.0 cm³/mol. The van der Waals surface area contributed by atoms with Crippen molar-refractivity contribution < 1.29 is 4.79 Å². The van der Waals surface area contributed by atoms with Crippen LogP contribution in [0.2, 0.25) is 0 Å². The Morgan fingerprint density at radius 1 is 1.00 bits per heavy atom. The van der Waals surface area contributed by atoms with Crippen molar-refractivity contribution >= 4 is 5.91 Å². The molecule has 3 rings (SSSR count). The van der Waals surface area contributed by atoms with Gasteiger partial charge in [-0.2, -0.15) is 5.10 Å². The molecular weight excluding hydrogens is 286 g/mol. The van der Waals surface area contributed by atoms with Gasteiger partial charge in [0.15, 0.2) is 0 Å². The lowest BCUT2D eigenvalue weighted by Crippen LogP contribution is -2.25. The topological polar surface area (TPSA) is 38.1 Å². The molecular formula is C19H19N3O. The van der Waals surface area contributed by atoms with Crippen molar-refractivity contribution in [1.29, 1.82) is 0 Å². The lowest BCUT2D eigenvalue weighted by atomic mass is 10.2. The molecule has 23 heavy (non-hydrogen) atoms. The summed E-state index contributed by atoms with van der Waals surface area (Å²) in [5, 5.41) is 4.38. The average Bonchev–Trinajstić information content (AvgIpc) is 3.02. The molecule has 2 aromatic carbocycles. The largest absolute Gasteiger partial charge is 0.337 e. The van der Waals surface area contributed by atoms with Crippen LogP contribution in [0.3, 0.4) is 0 Å². The zero-order chi connectivity index (χ0) is 16.1. The maximum absolute atomic E-state index is 12.3. The highest BCUT2D eigenvalue weighted by molar-refractivity contribution is 5.93. The van der Waals surface area contributed by atoms with E-state index in [0.29, 0.717) is 12.1 Å². The summed E-state index contributed by atoms with van der Waals surface area (Å²) in [6.07, 6.45) is 3.81. The molecule has 0 spiro atoms. The molecule has 1 amide bonds. The smallest absolute Gasteiger partial charge is 0.253 e. The maximum atomic E-state index is 12.3. The van der Waals surface area contributed by atoms with Crippen LogP contribution in [0.1, 0.15) is 21.5 Å². The van der Waals surface area contributed by atoms with Crippen molar-refractivity contribution in [3.05, 3.63) is 89.7 Å². The van der Waals surface area contributed by atoms with Gasteiger partial charge in [-0.1, -0.05) is 48.5 Å². The minimum atomic E-state index is 0.0152. The van der Waals surface area contributed by atoms with Crippen molar-refractivity contribution in [3.63, 3.8) is 0 Å². The zero-order valence-corrected chi connectivity index (χ0v) is 13.1. The first-order valence-corrected chi connectivity index (χ1v) is 7.58. The van der Waals surface area contributed by atoms with Crippen molar-refractivity contribution in [2.24, 2.45) is 0 Å². The molecule has 3 aromatic rings. The molecule has 0 saturated carbocycles. The van der Waals surface area contributed by atoms with Crippen LogP contribution < -0.4 is 0 Å². The molecule has 0 unspecified atom stereocenters. The van der Waals surface area contributed by atoms with E-state index in [1.807, 2.05) is 72.7 Å². The lowest BCUT2D eigenvalue weighted by Gasteiger charge is -2.16. The molecule has 0 saturated heterocycles. The van der Waals surface area contributed by atoms with Crippen LogP contribution in [0.25, 0.3) is 0 Å². The Bertz CT molecular complexity index is 766. The Balaban J connectivity index is 1.63. The standard InChI is InChI=1S/C19H19N3O/c1-21(19(23)18-10-6-3-7-11-18)13-17-12-20-22(15-17)14-16-8-4-2-5-9-16/h2-12,15H,13-14H2,1H3. The first-order chi connectivity index (χ1) is 11.2. The van der Waals surface area contributed by atoms with Crippen LogP contribution in [-0.2, 0) is 13.1 Å². The Labute approximate surface area is 136 Å². The van der Waals surface area contributed by atoms with Gasteiger partial charge in [0.2, 0.25) is 0 Å². The SMILES string of the molecule is CN(Cc1cnn(Cc2ccccc2)c1)C(=O)c1ccccc1. The number of carbonyl (C=O) groups is 1. The second-order valence-corrected chi connectivity index (χ2v) is 5.56. The summed E-state index contributed by atoms with van der Waals surface area (Å²) in [4.78, 5) is 14.1. The number of benzene rings is 2. The van der Waals surface area contributed by atoms with E-state index in [4.69, 9.17) is 0 Å². The zero-order valence-electron chi connectivity index (χ0n) is 13.1. The fourth-order valence-corrected chi connectivity index (χ4v) is 2.49. The van der Waals surface area contributed by atoms with E-state index in [1.165, 1.54) is 5.56 Å². The summed E-state index contributed by atoms with van der Waals surface area (Å²) < 4.78 is 1.89. The van der Waals surface area contributed by atoms with Crippen LogP contribution in [0.15, 0.2) is 73.1 Å². The predicted octanol–water partition coefficient (Wildman–Crippen LogP) is 3.20. The molecule has 1 aromatic heterocycles. The lowest BCUT2D eigenvalue weighted by molar-refractivity contribution is 0.0785. The molecule has 0 aliphatic carbocycles. The molecule has 1 heterocycles. The van der Waals surface area contributed by atoms with Crippen LogP contribution in [0.5, 0.6) is 0 Å². The quantitative estimate of drug-likeness (QED) is 0.726. The summed E-state index contributed by atoms with van der Waals surface area (Å²) in [5.41, 5.74) is 2.93. The molecule has 0 bridgehead atoms. The van der Waals surface area contributed by atoms with Crippen molar-refractivity contribution in [1.82, 2.24) is 14.7 Å². The second kappa shape index (κ2) is 6.92. The Hall–Kier alpha value is -2.88. The molecule has 116 valence electrons. The van der Waals surface area contributed by atoms with Crippen LogP contribution in [0.4, 0.5) is 0 Å². The van der Waals surface area contributed by atoms with E-state index in [2.05, 4.69) is 17.2 Å². The minimum absolute atomic E-state index is 0.0152. The van der Waals surface area contributed by atoms with Gasteiger partial charge in [0.25, 0.3) is 5.91 Å². The fraction of sp³-hybridized carbons (Fsp3) is 0.158. The highest BCUT2D eigenvalue weighted by Gasteiger charge is 2.12. The van der Waals surface area contributed by atoms with Gasteiger partial charge in [0.05, 0.1) is 12.7 Å². The van der Waals surface area contributed by atoms with E-state index in [1.54, 1.807) is 4.90 Å². The molecule has 0 radical (unpaired) electrons. The molecule has 0 fully saturated rings. The Morgan fingerprint density at radius 2 is 1.65 bits per heavy atom. The first kappa shape index (κ1) is 15.0. The van der Waals surface area contributed by atoms with Gasteiger partial charge in [-0.3, -0.25) is 9.48 Å². The first-order valence-electron chi connectivity index (χ1n) is 7.58. The number of carbonyl (C=O) groups excluding carboxylic acids is 1. The normalized spacial score (nSPS) is 10.5. The van der Waals surface area contributed by atoms with Gasteiger partial charge in [0.1, 0.15) is 0 Å². The minimum Gasteiger partial charge on any atom is -0.337 e. The maximum Gasteiger partial charge on any atom is 0.253 e. The van der Waals surface area contributed by atoms with Crippen LogP contribution in [0, 0.1) is 0 Å². The third-order valence-electron chi connectivity index (χ3n) is 3.66. The summed E-state index contributed by atoms with van der Waals surface area (Å²) in [6.45, 7) is 1.28. The second-order valence-electron chi connectivity index (χ2n) is 5.56. The number of hydrogen-bond donors (Lipinski definition) is 0. The molecule has 4 heteroatoms. The molecule has 0 N–H and O–H groups in total. The van der Waals surface area contributed by atoms with Crippen molar-refractivity contribution in [2.45, 2.75) is 13.1 Å². The molecule has 0 atom stereocenters. The fourth-order valence-electron chi connectivity index (χ4n) is 2.49. The number of nitrogens with zero attached hydrogens (tertiary/aromatic N) is 3. The third-order valence-corrected chi connectivity index (χ3v) is 3.66. The van der Waals surface area contributed by atoms with Crippen LogP contribution in [-0.4, -0.2) is 27.6 Å². The number of hydrogen-bond acceptors (Lipinski definition) is 2. The van der Waals surface area contributed by atoms with Crippen LogP contribution >= 0.6 is 0 Å². The number of aromatic nitrogens is 2. The average molecular weight is 305 g/mol. The summed E-state index contributed by atoms with van der Waals surface area (Å²) in [5.74, 6) is 0.0152. The van der Waals surface area contributed by atoms with E-state index in [9.17, 15) is 4.79 Å². The van der Waals surface area contributed by atoms with Crippen molar-refractivity contribution in [2.75, 3.05) is 7.05 Å². The number of amides is 1. The van der Waals surface area contributed by atoms with E-state index < -0.39 is 0 Å². The van der Waals surface area contributed by atoms with Gasteiger partial charge in [0, 0.05) is 30.9 Å². The van der Waals surface area contributed by atoms with Crippen molar-refractivity contribution in [3.8, 4) is 0 Å². The molecule has 0 aliphatic rings. The number of rotatable bonds is 5. The molecule has 0 aliphatic heterocycles. The van der Waals surface area contributed by atoms with Gasteiger partial charge in [-0.25, -0.2) is 0 Å². The molecule has 4 nitrogen and oxygen atoms in total. The van der Waals surface area contributed by atoms with Gasteiger partial charge in [-0.05, 0) is 17.7 Å². The van der Waals surface area contributed by atoms with Gasteiger partial charge < -0.3 is 4.90 Å². The summed E-state index contributed by atoms with van der Waals surface area (Å²) in [7, 11) is 1.81. The van der Waals surface area contributed by atoms with E-state index in [-0.39, 0.29) is 5.91 Å². The van der Waals surface area contributed by atoms with Gasteiger partial charge in [-0.15, -0.1) is 0 Å².